The maximum atomic E-state index is 12.9. The lowest BCUT2D eigenvalue weighted by molar-refractivity contribution is -0.120. The molecule has 25 heavy (non-hydrogen) atoms. The molecule has 2 atom stereocenters. The van der Waals surface area contributed by atoms with E-state index in [9.17, 15) is 4.79 Å². The van der Waals surface area contributed by atoms with Gasteiger partial charge in [-0.2, -0.15) is 0 Å². The summed E-state index contributed by atoms with van der Waals surface area (Å²) >= 11 is 0. The van der Waals surface area contributed by atoms with Crippen LogP contribution in [0.15, 0.2) is 36.4 Å². The number of allylic oxidation sites excluding steroid dienone is 1. The molecule has 1 aliphatic heterocycles. The highest BCUT2D eigenvalue weighted by Gasteiger charge is 2.21. The van der Waals surface area contributed by atoms with Gasteiger partial charge in [0.1, 0.15) is 0 Å². The molecule has 0 saturated heterocycles. The third-order valence-corrected chi connectivity index (χ3v) is 5.15. The lowest BCUT2D eigenvalue weighted by Crippen LogP contribution is -2.26. The number of hydrogen-bond donors (Lipinski definition) is 2. The van der Waals surface area contributed by atoms with Crippen LogP contribution in [0.3, 0.4) is 0 Å². The monoisotopic (exact) mass is 340 g/mol. The van der Waals surface area contributed by atoms with E-state index in [-0.39, 0.29) is 17.9 Å². The van der Waals surface area contributed by atoms with E-state index in [0.29, 0.717) is 0 Å². The Kier molecular flexibility index (Phi) is 7.01. The quantitative estimate of drug-likeness (QED) is 0.793. The number of fused-ring (bicyclic) bond motifs is 1. The van der Waals surface area contributed by atoms with Gasteiger partial charge < -0.3 is 11.1 Å². The molecule has 0 fully saturated rings. The average molecular weight is 341 g/mol. The first-order chi connectivity index (χ1) is 11.9. The number of unbranched alkanes of at least 4 members (excludes halogenated alkanes) is 1. The molecule has 1 heterocycles. The van der Waals surface area contributed by atoms with Crippen LogP contribution in [0.1, 0.15) is 63.5 Å². The molecule has 136 valence electrons. The minimum absolute atomic E-state index is 0.0447. The number of hydrogen-bond acceptors (Lipinski definition) is 2. The third kappa shape index (κ3) is 5.05. The minimum atomic E-state index is -0.0447. The smallest absolute Gasteiger partial charge is 0.227 e. The molecule has 2 rings (SSSR count). The summed E-state index contributed by atoms with van der Waals surface area (Å²) in [6.45, 7) is 10.5. The van der Waals surface area contributed by atoms with Gasteiger partial charge in [-0.05, 0) is 55.9 Å². The Morgan fingerprint density at radius 3 is 2.76 bits per heavy atom. The Balaban J connectivity index is 2.43. The first-order valence-electron chi connectivity index (χ1n) is 9.47. The van der Waals surface area contributed by atoms with Gasteiger partial charge in [0.25, 0.3) is 0 Å². The fraction of sp³-hybridized carbons (Fsp3) is 0.500. The van der Waals surface area contributed by atoms with Gasteiger partial charge in [-0.25, -0.2) is 0 Å². The molecule has 3 N–H and O–H groups in total. The van der Waals surface area contributed by atoms with Gasteiger partial charge in [0.2, 0.25) is 5.91 Å². The molecule has 0 aliphatic carbocycles. The zero-order chi connectivity index (χ0) is 18.4. The fourth-order valence-electron chi connectivity index (χ4n) is 3.61. The molecule has 1 amide bonds. The number of rotatable bonds is 3. The lowest BCUT2D eigenvalue weighted by atomic mass is 9.90. The Hall–Kier alpha value is -1.87. The van der Waals surface area contributed by atoms with Crippen molar-refractivity contribution in [3.8, 4) is 0 Å². The lowest BCUT2D eigenvalue weighted by Gasteiger charge is -2.22. The largest absolute Gasteiger partial charge is 0.325 e. The van der Waals surface area contributed by atoms with E-state index in [1.807, 2.05) is 12.1 Å². The molecule has 3 nitrogen and oxygen atoms in total. The molecule has 0 saturated carbocycles. The standard InChI is InChI=1S/C22H32N2O/c1-5-6-10-18-11-8-12-19(23)16(3)14-17(4)21-15(2)9-7-13-20(21)24-22(18)25/h7,9,13-14,18-19H,3,5-6,8,10-12,23H2,1-2,4H3,(H,24,25). The Morgan fingerprint density at radius 2 is 2.04 bits per heavy atom. The van der Waals surface area contributed by atoms with E-state index in [1.165, 1.54) is 0 Å². The number of carbonyl (C=O) groups is 1. The highest BCUT2D eigenvalue weighted by atomic mass is 16.1. The highest BCUT2D eigenvalue weighted by Crippen LogP contribution is 2.30. The van der Waals surface area contributed by atoms with Gasteiger partial charge in [0.15, 0.2) is 0 Å². The summed E-state index contributed by atoms with van der Waals surface area (Å²) < 4.78 is 0. The fourth-order valence-corrected chi connectivity index (χ4v) is 3.61. The molecule has 0 spiro atoms. The summed E-state index contributed by atoms with van der Waals surface area (Å²) in [5.74, 6) is 0.193. The van der Waals surface area contributed by atoms with Crippen LogP contribution in [0.2, 0.25) is 0 Å². The molecular weight excluding hydrogens is 308 g/mol. The molecule has 1 aromatic carbocycles. The molecule has 1 aliphatic rings. The van der Waals surface area contributed by atoms with Crippen molar-refractivity contribution in [2.45, 2.75) is 65.3 Å². The second kappa shape index (κ2) is 9.00. The van der Waals surface area contributed by atoms with Gasteiger partial charge in [-0.1, -0.05) is 51.0 Å². The van der Waals surface area contributed by atoms with Crippen LogP contribution in [0.4, 0.5) is 5.69 Å². The maximum absolute atomic E-state index is 12.9. The third-order valence-electron chi connectivity index (χ3n) is 5.15. The van der Waals surface area contributed by atoms with Crippen LogP contribution < -0.4 is 11.1 Å². The van der Waals surface area contributed by atoms with Gasteiger partial charge in [-0.15, -0.1) is 0 Å². The summed E-state index contributed by atoms with van der Waals surface area (Å²) in [4.78, 5) is 12.9. The van der Waals surface area contributed by atoms with Gasteiger partial charge in [0.05, 0.1) is 0 Å². The summed E-state index contributed by atoms with van der Waals surface area (Å²) in [5, 5.41) is 3.19. The molecule has 0 radical (unpaired) electrons. The predicted molar refractivity (Wildman–Crippen MR) is 107 cm³/mol. The molecular formula is C22H32N2O. The number of nitrogens with two attached hydrogens (primary N) is 1. The topological polar surface area (TPSA) is 55.1 Å². The van der Waals surface area contributed by atoms with Crippen molar-refractivity contribution in [2.75, 3.05) is 5.32 Å². The second-order valence-electron chi connectivity index (χ2n) is 7.27. The van der Waals surface area contributed by atoms with E-state index in [1.54, 1.807) is 0 Å². The summed E-state index contributed by atoms with van der Waals surface area (Å²) in [7, 11) is 0. The zero-order valence-corrected chi connectivity index (χ0v) is 15.9. The first kappa shape index (κ1) is 19.5. The van der Waals surface area contributed by atoms with E-state index in [0.717, 1.165) is 66.5 Å². The Labute approximate surface area is 152 Å². The molecule has 1 aromatic rings. The van der Waals surface area contributed by atoms with Gasteiger partial charge in [-0.3, -0.25) is 4.79 Å². The van der Waals surface area contributed by atoms with Crippen molar-refractivity contribution >= 4 is 17.2 Å². The Bertz CT molecular complexity index is 660. The number of benzene rings is 1. The number of carbonyl (C=O) groups excluding carboxylic acids is 1. The van der Waals surface area contributed by atoms with Crippen LogP contribution in [0, 0.1) is 12.8 Å². The Morgan fingerprint density at radius 1 is 1.28 bits per heavy atom. The van der Waals surface area contributed by atoms with E-state index in [4.69, 9.17) is 5.73 Å². The maximum Gasteiger partial charge on any atom is 0.227 e. The van der Waals surface area contributed by atoms with Crippen molar-refractivity contribution in [1.82, 2.24) is 0 Å². The van der Waals surface area contributed by atoms with Crippen molar-refractivity contribution in [2.24, 2.45) is 11.7 Å². The number of amides is 1. The van der Waals surface area contributed by atoms with Gasteiger partial charge in [0, 0.05) is 23.2 Å². The van der Waals surface area contributed by atoms with Crippen LogP contribution >= 0.6 is 0 Å². The first-order valence-corrected chi connectivity index (χ1v) is 9.47. The van der Waals surface area contributed by atoms with Crippen LogP contribution in [-0.2, 0) is 4.79 Å². The van der Waals surface area contributed by atoms with E-state index < -0.39 is 0 Å². The van der Waals surface area contributed by atoms with Crippen molar-refractivity contribution in [3.05, 3.63) is 47.6 Å². The zero-order valence-electron chi connectivity index (χ0n) is 15.9. The average Bonchev–Trinajstić information content (AvgIpc) is 2.56. The molecule has 3 heteroatoms. The summed E-state index contributed by atoms with van der Waals surface area (Å²) in [6, 6.07) is 6.01. The van der Waals surface area contributed by atoms with Crippen molar-refractivity contribution in [1.29, 1.82) is 0 Å². The summed E-state index contributed by atoms with van der Waals surface area (Å²) in [6.07, 6.45) is 7.91. The molecule has 0 bridgehead atoms. The summed E-state index contributed by atoms with van der Waals surface area (Å²) in [5.41, 5.74) is 11.5. The van der Waals surface area contributed by atoms with Crippen molar-refractivity contribution < 1.29 is 4.79 Å². The number of aryl methyl sites for hydroxylation is 1. The predicted octanol–water partition coefficient (Wildman–Crippen LogP) is 5.21. The van der Waals surface area contributed by atoms with Crippen molar-refractivity contribution in [3.63, 3.8) is 0 Å². The van der Waals surface area contributed by atoms with Crippen LogP contribution in [-0.4, -0.2) is 11.9 Å². The van der Waals surface area contributed by atoms with Crippen LogP contribution in [0.5, 0.6) is 0 Å². The van der Waals surface area contributed by atoms with Gasteiger partial charge >= 0.3 is 0 Å². The second-order valence-corrected chi connectivity index (χ2v) is 7.27. The van der Waals surface area contributed by atoms with Crippen LogP contribution in [0.25, 0.3) is 5.57 Å². The number of nitrogens with one attached hydrogen (secondary N) is 1. The SMILES string of the molecule is C=C1C=C(C)c2c(C)cccc2NC(=O)C(CCCC)CCCC1N. The number of anilines is 1. The van der Waals surface area contributed by atoms with E-state index >= 15 is 0 Å². The highest BCUT2D eigenvalue weighted by molar-refractivity contribution is 5.96. The molecule has 2 unspecified atom stereocenters. The molecule has 0 aromatic heterocycles. The minimum Gasteiger partial charge on any atom is -0.325 e. The van der Waals surface area contributed by atoms with E-state index in [2.05, 4.69) is 44.8 Å². The normalized spacial score (nSPS) is 22.3.